The zero-order valence-corrected chi connectivity index (χ0v) is 17.1. The summed E-state index contributed by atoms with van der Waals surface area (Å²) in [5.74, 6) is -0.711. The van der Waals surface area contributed by atoms with E-state index in [1.54, 1.807) is 25.1 Å². The largest absolute Gasteiger partial charge is 0.311 e. The SMILES string of the molecule is Cc1cc(NC(=O)CCN2C(=O)C3CCCCC3C2=O)n(-c2ccc([N+](=O)[O-])cc2)n1. The van der Waals surface area contributed by atoms with E-state index in [-0.39, 0.29) is 48.2 Å². The third kappa shape index (κ3) is 4.05. The number of imide groups is 1. The molecule has 1 aromatic carbocycles. The van der Waals surface area contributed by atoms with Gasteiger partial charge in [-0.2, -0.15) is 5.10 Å². The summed E-state index contributed by atoms with van der Waals surface area (Å²) in [6, 6.07) is 7.50. The number of hydrogen-bond donors (Lipinski definition) is 1. The standard InChI is InChI=1S/C21H23N5O5/c1-13-12-18(25(23-13)14-6-8-15(9-7-14)26(30)31)22-19(27)10-11-24-20(28)16-4-2-3-5-17(16)21(24)29/h6-9,12,16-17H,2-5,10-11H2,1H3,(H,22,27). The quantitative estimate of drug-likeness (QED) is 0.430. The van der Waals surface area contributed by atoms with Gasteiger partial charge in [-0.1, -0.05) is 12.8 Å². The second-order valence-corrected chi connectivity index (χ2v) is 7.98. The fraction of sp³-hybridized carbons (Fsp3) is 0.429. The molecular formula is C21H23N5O5. The zero-order valence-electron chi connectivity index (χ0n) is 17.1. The topological polar surface area (TPSA) is 127 Å². The van der Waals surface area contributed by atoms with Gasteiger partial charge in [0, 0.05) is 31.2 Å². The second kappa shape index (κ2) is 8.29. The molecule has 1 aliphatic carbocycles. The third-order valence-electron chi connectivity index (χ3n) is 5.90. The van der Waals surface area contributed by atoms with Crippen molar-refractivity contribution in [2.75, 3.05) is 11.9 Å². The van der Waals surface area contributed by atoms with Crippen molar-refractivity contribution in [2.24, 2.45) is 11.8 Å². The van der Waals surface area contributed by atoms with Crippen LogP contribution in [-0.4, -0.2) is 43.9 Å². The number of likely N-dealkylation sites (tertiary alicyclic amines) is 1. The normalized spacial score (nSPS) is 20.6. The molecule has 2 atom stereocenters. The summed E-state index contributed by atoms with van der Waals surface area (Å²) in [6.07, 6.45) is 3.39. The molecule has 4 rings (SSSR count). The average molecular weight is 425 g/mol. The van der Waals surface area contributed by atoms with Crippen molar-refractivity contribution < 1.29 is 19.3 Å². The number of aromatic nitrogens is 2. The Bertz CT molecular complexity index is 1020. The Hall–Kier alpha value is -3.56. The summed E-state index contributed by atoms with van der Waals surface area (Å²) < 4.78 is 1.48. The van der Waals surface area contributed by atoms with Gasteiger partial charge in [-0.05, 0) is 31.9 Å². The van der Waals surface area contributed by atoms with Crippen molar-refractivity contribution in [3.05, 3.63) is 46.1 Å². The Balaban J connectivity index is 1.42. The molecule has 1 aliphatic heterocycles. The number of hydrogen-bond acceptors (Lipinski definition) is 6. The van der Waals surface area contributed by atoms with Crippen LogP contribution in [-0.2, 0) is 14.4 Å². The Morgan fingerprint density at radius 3 is 2.35 bits per heavy atom. The van der Waals surface area contributed by atoms with E-state index < -0.39 is 4.92 Å². The van der Waals surface area contributed by atoms with Crippen LogP contribution in [0.15, 0.2) is 30.3 Å². The second-order valence-electron chi connectivity index (χ2n) is 7.98. The van der Waals surface area contributed by atoms with Crippen molar-refractivity contribution in [3.63, 3.8) is 0 Å². The van der Waals surface area contributed by atoms with Crippen LogP contribution in [0.25, 0.3) is 5.69 Å². The molecule has 10 nitrogen and oxygen atoms in total. The van der Waals surface area contributed by atoms with Crippen LogP contribution in [0.2, 0.25) is 0 Å². The van der Waals surface area contributed by atoms with Gasteiger partial charge in [0.15, 0.2) is 0 Å². The molecular weight excluding hydrogens is 402 g/mol. The van der Waals surface area contributed by atoms with Crippen LogP contribution in [0.4, 0.5) is 11.5 Å². The lowest BCUT2D eigenvalue weighted by molar-refractivity contribution is -0.384. The lowest BCUT2D eigenvalue weighted by Gasteiger charge is -2.19. The van der Waals surface area contributed by atoms with E-state index in [0.29, 0.717) is 17.2 Å². The van der Waals surface area contributed by atoms with Gasteiger partial charge in [-0.3, -0.25) is 29.4 Å². The van der Waals surface area contributed by atoms with Crippen LogP contribution in [0, 0.1) is 28.9 Å². The van der Waals surface area contributed by atoms with Gasteiger partial charge in [0.25, 0.3) is 5.69 Å². The molecule has 2 aliphatic rings. The fourth-order valence-corrected chi connectivity index (χ4v) is 4.37. The van der Waals surface area contributed by atoms with Crippen LogP contribution in [0.3, 0.4) is 0 Å². The highest BCUT2D eigenvalue weighted by Gasteiger charge is 2.47. The molecule has 162 valence electrons. The maximum atomic E-state index is 12.6. The highest BCUT2D eigenvalue weighted by atomic mass is 16.6. The predicted molar refractivity (Wildman–Crippen MR) is 110 cm³/mol. The van der Waals surface area contributed by atoms with Gasteiger partial charge in [0.05, 0.1) is 28.1 Å². The lowest BCUT2D eigenvalue weighted by Crippen LogP contribution is -2.34. The number of carbonyl (C=O) groups excluding carboxylic acids is 3. The molecule has 1 aromatic heterocycles. The van der Waals surface area contributed by atoms with E-state index in [9.17, 15) is 24.5 Å². The number of nitrogens with one attached hydrogen (secondary N) is 1. The van der Waals surface area contributed by atoms with Crippen molar-refractivity contribution >= 4 is 29.2 Å². The first kappa shape index (κ1) is 20.7. The molecule has 1 N–H and O–H groups in total. The van der Waals surface area contributed by atoms with Crippen LogP contribution in [0.1, 0.15) is 37.8 Å². The van der Waals surface area contributed by atoms with E-state index in [0.717, 1.165) is 25.7 Å². The van der Waals surface area contributed by atoms with Gasteiger partial charge in [0.1, 0.15) is 5.82 Å². The summed E-state index contributed by atoms with van der Waals surface area (Å²) >= 11 is 0. The molecule has 0 radical (unpaired) electrons. The lowest BCUT2D eigenvalue weighted by atomic mass is 9.81. The summed E-state index contributed by atoms with van der Waals surface area (Å²) in [4.78, 5) is 49.2. The van der Waals surface area contributed by atoms with Gasteiger partial charge in [-0.15, -0.1) is 0 Å². The van der Waals surface area contributed by atoms with E-state index in [1.807, 2.05) is 0 Å². The van der Waals surface area contributed by atoms with Gasteiger partial charge in [0.2, 0.25) is 17.7 Å². The van der Waals surface area contributed by atoms with Crippen molar-refractivity contribution in [1.29, 1.82) is 0 Å². The minimum absolute atomic E-state index is 0.0125. The van der Waals surface area contributed by atoms with Crippen molar-refractivity contribution in [3.8, 4) is 5.69 Å². The first-order chi connectivity index (χ1) is 14.8. The molecule has 2 unspecified atom stereocenters. The first-order valence-corrected chi connectivity index (χ1v) is 10.3. The maximum absolute atomic E-state index is 12.6. The molecule has 2 fully saturated rings. The Kier molecular flexibility index (Phi) is 5.53. The van der Waals surface area contributed by atoms with Crippen molar-refractivity contribution in [1.82, 2.24) is 14.7 Å². The Morgan fingerprint density at radius 1 is 1.16 bits per heavy atom. The minimum Gasteiger partial charge on any atom is -0.311 e. The number of nitro groups is 1. The minimum atomic E-state index is -0.488. The van der Waals surface area contributed by atoms with Gasteiger partial charge < -0.3 is 5.32 Å². The van der Waals surface area contributed by atoms with E-state index in [1.165, 1.54) is 21.7 Å². The number of benzene rings is 1. The van der Waals surface area contributed by atoms with Crippen LogP contribution < -0.4 is 5.32 Å². The van der Waals surface area contributed by atoms with Crippen LogP contribution >= 0.6 is 0 Å². The number of nitro benzene ring substituents is 1. The maximum Gasteiger partial charge on any atom is 0.269 e. The summed E-state index contributed by atoms with van der Waals surface area (Å²) in [6.45, 7) is 1.82. The predicted octanol–water partition coefficient (Wildman–Crippen LogP) is 2.59. The van der Waals surface area contributed by atoms with E-state index in [2.05, 4.69) is 10.4 Å². The number of carbonyl (C=O) groups is 3. The summed E-state index contributed by atoms with van der Waals surface area (Å²) in [5, 5.41) is 17.9. The molecule has 31 heavy (non-hydrogen) atoms. The first-order valence-electron chi connectivity index (χ1n) is 10.3. The molecule has 10 heteroatoms. The number of fused-ring (bicyclic) bond motifs is 1. The van der Waals surface area contributed by atoms with Crippen molar-refractivity contribution in [2.45, 2.75) is 39.0 Å². The highest BCUT2D eigenvalue weighted by Crippen LogP contribution is 2.38. The number of rotatable bonds is 6. The molecule has 2 heterocycles. The molecule has 0 bridgehead atoms. The van der Waals surface area contributed by atoms with E-state index in [4.69, 9.17) is 0 Å². The van der Waals surface area contributed by atoms with Gasteiger partial charge >= 0.3 is 0 Å². The number of anilines is 1. The summed E-state index contributed by atoms with van der Waals surface area (Å²) in [7, 11) is 0. The Labute approximate surface area is 178 Å². The number of aryl methyl sites for hydroxylation is 1. The number of non-ortho nitro benzene ring substituents is 1. The molecule has 3 amide bonds. The Morgan fingerprint density at radius 2 is 1.77 bits per heavy atom. The van der Waals surface area contributed by atoms with Gasteiger partial charge in [-0.25, -0.2) is 4.68 Å². The number of nitrogens with zero attached hydrogens (tertiary/aromatic N) is 4. The summed E-state index contributed by atoms with van der Waals surface area (Å²) in [5.41, 5.74) is 1.17. The molecule has 0 spiro atoms. The van der Waals surface area contributed by atoms with Crippen LogP contribution in [0.5, 0.6) is 0 Å². The average Bonchev–Trinajstić information content (AvgIpc) is 3.24. The molecule has 2 aromatic rings. The highest BCUT2D eigenvalue weighted by molar-refractivity contribution is 6.05. The fourth-order valence-electron chi connectivity index (χ4n) is 4.37. The smallest absolute Gasteiger partial charge is 0.269 e. The zero-order chi connectivity index (χ0) is 22.1. The molecule has 1 saturated carbocycles. The third-order valence-corrected chi connectivity index (χ3v) is 5.90. The van der Waals surface area contributed by atoms with E-state index >= 15 is 0 Å². The molecule has 1 saturated heterocycles. The monoisotopic (exact) mass is 425 g/mol. The number of amides is 3.